The second-order valence-corrected chi connectivity index (χ2v) is 4.60. The molecule has 0 amide bonds. The van der Waals surface area contributed by atoms with Crippen LogP contribution in [-0.4, -0.2) is 25.3 Å². The van der Waals surface area contributed by atoms with Crippen molar-refractivity contribution in [1.29, 1.82) is 0 Å². The molecule has 1 fully saturated rings. The number of hydrogen-bond donors (Lipinski definition) is 2. The van der Waals surface area contributed by atoms with E-state index in [0.717, 1.165) is 32.0 Å². The van der Waals surface area contributed by atoms with Gasteiger partial charge in [-0.1, -0.05) is 0 Å². The molecule has 1 aliphatic heterocycles. The van der Waals surface area contributed by atoms with Crippen LogP contribution in [0.2, 0.25) is 0 Å². The third kappa shape index (κ3) is 2.56. The van der Waals surface area contributed by atoms with Gasteiger partial charge in [-0.25, -0.2) is 8.78 Å². The lowest BCUT2D eigenvalue weighted by Crippen LogP contribution is -2.28. The maximum Gasteiger partial charge on any atom is 0.165 e. The van der Waals surface area contributed by atoms with Gasteiger partial charge in [0.1, 0.15) is 0 Å². The van der Waals surface area contributed by atoms with Crippen LogP contribution in [0.15, 0.2) is 6.07 Å². The maximum atomic E-state index is 13.7. The molecule has 0 spiro atoms. The van der Waals surface area contributed by atoms with Gasteiger partial charge in [0, 0.05) is 11.6 Å². The van der Waals surface area contributed by atoms with Crippen LogP contribution in [0.25, 0.3) is 0 Å². The van der Waals surface area contributed by atoms with Crippen molar-refractivity contribution in [3.8, 4) is 11.5 Å². The first-order valence-electron chi connectivity index (χ1n) is 6.08. The van der Waals surface area contributed by atoms with E-state index in [1.165, 1.54) is 7.11 Å². The van der Waals surface area contributed by atoms with E-state index < -0.39 is 11.6 Å². The second kappa shape index (κ2) is 5.52. The number of piperidine rings is 1. The lowest BCUT2D eigenvalue weighted by Gasteiger charge is -2.23. The highest BCUT2D eigenvalue weighted by atomic mass is 19.2. The number of ether oxygens (including phenoxy) is 1. The largest absolute Gasteiger partial charge is 0.504 e. The van der Waals surface area contributed by atoms with Crippen LogP contribution in [0, 0.1) is 17.6 Å². The normalized spacial score (nSPS) is 16.8. The zero-order valence-electron chi connectivity index (χ0n) is 10.3. The molecule has 1 aromatic rings. The summed E-state index contributed by atoms with van der Waals surface area (Å²) in [5.74, 6) is -1.98. The molecule has 3 nitrogen and oxygen atoms in total. The predicted octanol–water partition coefficient (Wildman–Crippen LogP) is 2.22. The van der Waals surface area contributed by atoms with Crippen LogP contribution in [0.4, 0.5) is 8.78 Å². The van der Waals surface area contributed by atoms with E-state index >= 15 is 0 Å². The van der Waals surface area contributed by atoms with Crippen LogP contribution in [0.3, 0.4) is 0 Å². The zero-order valence-corrected chi connectivity index (χ0v) is 10.3. The fourth-order valence-electron chi connectivity index (χ4n) is 2.36. The molecule has 0 unspecified atom stereocenters. The number of phenolic OH excluding ortho intramolecular Hbond substituents is 1. The van der Waals surface area contributed by atoms with Crippen LogP contribution >= 0.6 is 0 Å². The Bertz CT molecular complexity index is 431. The minimum atomic E-state index is -0.978. The van der Waals surface area contributed by atoms with E-state index in [1.807, 2.05) is 0 Å². The predicted molar refractivity (Wildman–Crippen MR) is 63.9 cm³/mol. The Hall–Kier alpha value is -1.36. The quantitative estimate of drug-likeness (QED) is 0.872. The topological polar surface area (TPSA) is 41.5 Å². The average Bonchev–Trinajstić information content (AvgIpc) is 2.40. The van der Waals surface area contributed by atoms with Crippen LogP contribution < -0.4 is 10.1 Å². The van der Waals surface area contributed by atoms with Gasteiger partial charge in [0.05, 0.1) is 7.11 Å². The molecule has 1 heterocycles. The summed E-state index contributed by atoms with van der Waals surface area (Å²) in [4.78, 5) is 0. The van der Waals surface area contributed by atoms with Gasteiger partial charge in [-0.2, -0.15) is 0 Å². The summed E-state index contributed by atoms with van der Waals surface area (Å²) in [5.41, 5.74) is 0.0266. The highest BCUT2D eigenvalue weighted by Gasteiger charge is 2.23. The van der Waals surface area contributed by atoms with E-state index in [2.05, 4.69) is 5.32 Å². The summed E-state index contributed by atoms with van der Waals surface area (Å²) in [6.45, 7) is 1.75. The molecule has 1 aliphatic rings. The van der Waals surface area contributed by atoms with Gasteiger partial charge >= 0.3 is 0 Å². The van der Waals surface area contributed by atoms with Crippen molar-refractivity contribution in [2.24, 2.45) is 5.92 Å². The molecule has 2 N–H and O–H groups in total. The Morgan fingerprint density at radius 1 is 1.39 bits per heavy atom. The van der Waals surface area contributed by atoms with Gasteiger partial charge in [-0.15, -0.1) is 0 Å². The molecular formula is C13H17F2NO2. The summed E-state index contributed by atoms with van der Waals surface area (Å²) in [6.07, 6.45) is 2.14. The first kappa shape index (κ1) is 13.1. The molecule has 0 radical (unpaired) electrons. The van der Waals surface area contributed by atoms with Gasteiger partial charge in [0.25, 0.3) is 0 Å². The lowest BCUT2D eigenvalue weighted by molar-refractivity contribution is 0.338. The second-order valence-electron chi connectivity index (χ2n) is 4.60. The molecule has 0 bridgehead atoms. The first-order chi connectivity index (χ1) is 8.63. The molecule has 1 aromatic carbocycles. The number of methoxy groups -OCH3 is 1. The summed E-state index contributed by atoms with van der Waals surface area (Å²) in [5, 5.41) is 13.1. The molecule has 2 rings (SSSR count). The number of benzene rings is 1. The maximum absolute atomic E-state index is 13.7. The number of aromatic hydroxyl groups is 1. The highest BCUT2D eigenvalue weighted by Crippen LogP contribution is 2.36. The first-order valence-corrected chi connectivity index (χ1v) is 6.08. The Morgan fingerprint density at radius 2 is 2.06 bits per heavy atom. The highest BCUT2D eigenvalue weighted by molar-refractivity contribution is 5.47. The van der Waals surface area contributed by atoms with Crippen molar-refractivity contribution < 1.29 is 18.6 Å². The van der Waals surface area contributed by atoms with Crippen LogP contribution in [-0.2, 0) is 6.42 Å². The summed E-state index contributed by atoms with van der Waals surface area (Å²) >= 11 is 0. The van der Waals surface area contributed by atoms with E-state index in [-0.39, 0.29) is 23.0 Å². The van der Waals surface area contributed by atoms with Crippen molar-refractivity contribution in [3.63, 3.8) is 0 Å². The smallest absolute Gasteiger partial charge is 0.165 e. The number of nitrogens with one attached hydrogen (secondary N) is 1. The molecule has 1 saturated heterocycles. The van der Waals surface area contributed by atoms with Gasteiger partial charge in [0.2, 0.25) is 0 Å². The summed E-state index contributed by atoms with van der Waals surface area (Å²) in [6, 6.07) is 0.872. The minimum Gasteiger partial charge on any atom is -0.504 e. The monoisotopic (exact) mass is 257 g/mol. The van der Waals surface area contributed by atoms with Crippen molar-refractivity contribution >= 4 is 0 Å². The lowest BCUT2D eigenvalue weighted by atomic mass is 9.90. The summed E-state index contributed by atoms with van der Waals surface area (Å²) < 4.78 is 32.0. The van der Waals surface area contributed by atoms with Crippen molar-refractivity contribution in [1.82, 2.24) is 5.32 Å². The fraction of sp³-hybridized carbons (Fsp3) is 0.538. The SMILES string of the molecule is COc1cc(F)c(F)c(CC2CCNCC2)c1O. The standard InChI is InChI=1S/C13H17F2NO2/c1-18-11-7-10(14)12(15)9(13(11)17)6-8-2-4-16-5-3-8/h7-8,16-17H,2-6H2,1H3. The van der Waals surface area contributed by atoms with Crippen molar-refractivity contribution in [2.75, 3.05) is 20.2 Å². The Balaban J connectivity index is 2.27. The molecule has 0 saturated carbocycles. The number of hydrogen-bond acceptors (Lipinski definition) is 3. The average molecular weight is 257 g/mol. The molecule has 18 heavy (non-hydrogen) atoms. The minimum absolute atomic E-state index is 0.0159. The molecule has 100 valence electrons. The Morgan fingerprint density at radius 3 is 2.67 bits per heavy atom. The Kier molecular flexibility index (Phi) is 4.01. The molecule has 5 heteroatoms. The van der Waals surface area contributed by atoms with Gasteiger partial charge in [-0.3, -0.25) is 0 Å². The molecule has 0 atom stereocenters. The van der Waals surface area contributed by atoms with Gasteiger partial charge < -0.3 is 15.2 Å². The fourth-order valence-corrected chi connectivity index (χ4v) is 2.36. The van der Waals surface area contributed by atoms with Gasteiger partial charge in [-0.05, 0) is 38.3 Å². The van der Waals surface area contributed by atoms with Crippen molar-refractivity contribution in [2.45, 2.75) is 19.3 Å². The number of rotatable bonds is 3. The van der Waals surface area contributed by atoms with E-state index in [4.69, 9.17) is 4.74 Å². The van der Waals surface area contributed by atoms with Gasteiger partial charge in [0.15, 0.2) is 23.1 Å². The molecular weight excluding hydrogens is 240 g/mol. The Labute approximate surface area is 105 Å². The molecule has 0 aromatic heterocycles. The zero-order chi connectivity index (χ0) is 13.1. The third-order valence-electron chi connectivity index (χ3n) is 3.42. The van der Waals surface area contributed by atoms with Crippen LogP contribution in [0.5, 0.6) is 11.5 Å². The van der Waals surface area contributed by atoms with E-state index in [1.54, 1.807) is 0 Å². The van der Waals surface area contributed by atoms with Crippen molar-refractivity contribution in [3.05, 3.63) is 23.3 Å². The molecule has 0 aliphatic carbocycles. The third-order valence-corrected chi connectivity index (χ3v) is 3.42. The summed E-state index contributed by atoms with van der Waals surface area (Å²) in [7, 11) is 1.32. The number of phenols is 1. The van der Waals surface area contributed by atoms with E-state index in [0.29, 0.717) is 6.42 Å². The number of halogens is 2. The van der Waals surface area contributed by atoms with E-state index in [9.17, 15) is 13.9 Å². The van der Waals surface area contributed by atoms with Crippen LogP contribution in [0.1, 0.15) is 18.4 Å².